The summed E-state index contributed by atoms with van der Waals surface area (Å²) in [7, 11) is 1.36. The van der Waals surface area contributed by atoms with Crippen LogP contribution in [0.1, 0.15) is 46.4 Å². The second-order valence-electron chi connectivity index (χ2n) is 11.2. The third kappa shape index (κ3) is 4.60. The van der Waals surface area contributed by atoms with Crippen LogP contribution in [-0.2, 0) is 9.53 Å². The monoisotopic (exact) mass is 485 g/mol. The molecule has 0 radical (unpaired) electrons. The second kappa shape index (κ2) is 8.78. The van der Waals surface area contributed by atoms with E-state index in [0.29, 0.717) is 23.5 Å². The van der Waals surface area contributed by atoms with Gasteiger partial charge in [0.05, 0.1) is 23.5 Å². The number of hydrogen-bond acceptors (Lipinski definition) is 6. The highest BCUT2D eigenvalue weighted by molar-refractivity contribution is 5.94. The Morgan fingerprint density at radius 3 is 2.71 bits per heavy atom. The number of piperidine rings is 1. The van der Waals surface area contributed by atoms with Crippen molar-refractivity contribution in [2.45, 2.75) is 68.9 Å². The lowest BCUT2D eigenvalue weighted by Gasteiger charge is -2.69. The Bertz CT molecular complexity index is 836. The molecule has 0 bridgehead atoms. The fourth-order valence-corrected chi connectivity index (χ4v) is 7.00. The molecule has 3 heterocycles. The molecule has 7 nitrogen and oxygen atoms in total. The van der Waals surface area contributed by atoms with E-state index < -0.39 is 12.7 Å². The number of carbonyl (C=O) groups is 1. The Balaban J connectivity index is 0.00000289. The molecule has 1 amide bonds. The van der Waals surface area contributed by atoms with Crippen LogP contribution in [0.5, 0.6) is 0 Å². The van der Waals surface area contributed by atoms with E-state index in [1.54, 1.807) is 6.08 Å². The molecule has 5 fully saturated rings. The van der Waals surface area contributed by atoms with Gasteiger partial charge in [-0.25, -0.2) is 0 Å². The molecule has 0 aromatic rings. The Morgan fingerprint density at radius 2 is 2.09 bits per heavy atom. The van der Waals surface area contributed by atoms with Gasteiger partial charge >= 0.3 is 6.18 Å². The Morgan fingerprint density at radius 1 is 1.35 bits per heavy atom. The van der Waals surface area contributed by atoms with E-state index in [1.165, 1.54) is 26.3 Å². The number of morpholine rings is 1. The van der Waals surface area contributed by atoms with Crippen molar-refractivity contribution >= 4 is 11.6 Å². The van der Waals surface area contributed by atoms with Crippen LogP contribution in [0.15, 0.2) is 17.8 Å². The van der Waals surface area contributed by atoms with Gasteiger partial charge in [0.1, 0.15) is 13.2 Å². The SMILES string of the molecule is C=C/C(CC1CC2(C1)CN(C1(N3CC[C@@H]4OCC(=O)N[C@@H]4C3)CCC1)C2)=N\N(C)CC(F)(F)F.[HH]. The lowest BCUT2D eigenvalue weighted by Crippen LogP contribution is -2.77. The number of hydrazone groups is 1. The number of nitrogens with one attached hydrogen (secondary N) is 1. The van der Waals surface area contributed by atoms with Gasteiger partial charge in [-0.15, -0.1) is 0 Å². The normalized spacial score (nSPS) is 31.6. The van der Waals surface area contributed by atoms with Crippen LogP contribution in [0.4, 0.5) is 13.2 Å². The molecule has 2 aliphatic carbocycles. The number of allylic oxidation sites excluding steroid dienone is 1. The van der Waals surface area contributed by atoms with Gasteiger partial charge in [0.25, 0.3) is 0 Å². The first-order valence-electron chi connectivity index (χ1n) is 12.5. The van der Waals surface area contributed by atoms with Gasteiger partial charge in [-0.1, -0.05) is 6.58 Å². The number of nitrogens with zero attached hydrogens (tertiary/aromatic N) is 4. The minimum Gasteiger partial charge on any atom is -0.366 e. The summed E-state index contributed by atoms with van der Waals surface area (Å²) in [6.45, 7) is 6.92. The molecule has 5 aliphatic rings. The van der Waals surface area contributed by atoms with Gasteiger partial charge < -0.3 is 10.1 Å². The van der Waals surface area contributed by atoms with Crippen LogP contribution in [-0.4, -0.2) is 96.8 Å². The maximum Gasteiger partial charge on any atom is 0.407 e. The zero-order chi connectivity index (χ0) is 24.1. The molecule has 2 atom stereocenters. The smallest absolute Gasteiger partial charge is 0.366 e. The predicted molar refractivity (Wildman–Crippen MR) is 124 cm³/mol. The number of carbonyl (C=O) groups excluding carboxylic acids is 1. The van der Waals surface area contributed by atoms with Gasteiger partial charge in [-0.3, -0.25) is 19.6 Å². The molecule has 34 heavy (non-hydrogen) atoms. The van der Waals surface area contributed by atoms with Crippen LogP contribution in [0.25, 0.3) is 0 Å². The second-order valence-corrected chi connectivity index (χ2v) is 11.2. The van der Waals surface area contributed by atoms with E-state index in [9.17, 15) is 18.0 Å². The van der Waals surface area contributed by atoms with Gasteiger partial charge in [0.15, 0.2) is 0 Å². The van der Waals surface area contributed by atoms with Gasteiger partial charge in [0.2, 0.25) is 5.91 Å². The number of hydrogen-bond donors (Lipinski definition) is 1. The summed E-state index contributed by atoms with van der Waals surface area (Å²) < 4.78 is 43.5. The van der Waals surface area contributed by atoms with Crippen molar-refractivity contribution in [2.24, 2.45) is 16.4 Å². The summed E-state index contributed by atoms with van der Waals surface area (Å²) >= 11 is 0. The molecule has 0 aromatic heterocycles. The maximum absolute atomic E-state index is 12.6. The van der Waals surface area contributed by atoms with E-state index in [4.69, 9.17) is 4.74 Å². The molecule has 0 unspecified atom stereocenters. The first-order valence-corrected chi connectivity index (χ1v) is 12.5. The lowest BCUT2D eigenvalue weighted by molar-refractivity contribution is -0.225. The molecule has 192 valence electrons. The molecule has 2 saturated carbocycles. The summed E-state index contributed by atoms with van der Waals surface area (Å²) in [6.07, 6.45) is 4.91. The topological polar surface area (TPSA) is 60.4 Å². The molecule has 1 N–H and O–H groups in total. The standard InChI is InChI=1S/C24H36F3N5O2.H2/c1-3-18(29-30(2)16-24(25,26)27)9-17-10-22(11-17)14-32(15-22)23(6-4-7-23)31-8-5-20-19(12-31)28-21(33)13-34-20;/h3,17,19-20H,1,4-16H2,2H3,(H,28,33);1H/b29-18+;/t19-,20+;/m1./s1. The van der Waals surface area contributed by atoms with E-state index in [2.05, 4.69) is 26.8 Å². The number of fused-ring (bicyclic) bond motifs is 1. The van der Waals surface area contributed by atoms with E-state index in [1.807, 2.05) is 0 Å². The number of likely N-dealkylation sites (tertiary alicyclic amines) is 2. The highest BCUT2D eigenvalue weighted by atomic mass is 19.4. The van der Waals surface area contributed by atoms with Crippen LogP contribution in [0, 0.1) is 11.3 Å². The van der Waals surface area contributed by atoms with E-state index >= 15 is 0 Å². The average molecular weight is 486 g/mol. The minimum atomic E-state index is -4.26. The lowest BCUT2D eigenvalue weighted by atomic mass is 9.55. The third-order valence-electron chi connectivity index (χ3n) is 8.59. The number of halogens is 3. The molecule has 3 aliphatic heterocycles. The predicted octanol–water partition coefficient (Wildman–Crippen LogP) is 2.84. The number of rotatable bonds is 7. The van der Waals surface area contributed by atoms with Crippen LogP contribution < -0.4 is 5.32 Å². The Labute approximate surface area is 200 Å². The fraction of sp³-hybridized carbons (Fsp3) is 0.833. The van der Waals surface area contributed by atoms with Crippen molar-refractivity contribution in [2.75, 3.05) is 46.4 Å². The van der Waals surface area contributed by atoms with Crippen LogP contribution in [0.2, 0.25) is 0 Å². The molecular formula is C24H38F3N5O2. The molecule has 1 spiro atoms. The molecule has 3 saturated heterocycles. The zero-order valence-corrected chi connectivity index (χ0v) is 19.9. The number of alkyl halides is 3. The third-order valence-corrected chi connectivity index (χ3v) is 8.59. The van der Waals surface area contributed by atoms with E-state index in [-0.39, 0.29) is 31.7 Å². The van der Waals surface area contributed by atoms with Crippen LogP contribution >= 0.6 is 0 Å². The van der Waals surface area contributed by atoms with Crippen molar-refractivity contribution in [1.82, 2.24) is 20.1 Å². The van der Waals surface area contributed by atoms with Gasteiger partial charge in [0, 0.05) is 34.7 Å². The maximum atomic E-state index is 12.6. The Hall–Kier alpha value is -1.65. The van der Waals surface area contributed by atoms with Gasteiger partial charge in [-0.05, 0) is 62.4 Å². The summed E-state index contributed by atoms with van der Waals surface area (Å²) in [5.74, 6) is 0.446. The van der Waals surface area contributed by atoms with Crippen molar-refractivity contribution in [3.05, 3.63) is 12.7 Å². The number of amides is 1. The van der Waals surface area contributed by atoms with Crippen LogP contribution in [0.3, 0.4) is 0 Å². The highest BCUT2D eigenvalue weighted by Gasteiger charge is 2.60. The highest BCUT2D eigenvalue weighted by Crippen LogP contribution is 2.57. The fourth-order valence-electron chi connectivity index (χ4n) is 7.00. The first-order chi connectivity index (χ1) is 16.1. The molecule has 5 rings (SSSR count). The largest absolute Gasteiger partial charge is 0.407 e. The van der Waals surface area contributed by atoms with Crippen molar-refractivity contribution in [3.63, 3.8) is 0 Å². The first kappa shape index (κ1) is 24.1. The summed E-state index contributed by atoms with van der Waals surface area (Å²) in [6, 6.07) is 0.0860. The summed E-state index contributed by atoms with van der Waals surface area (Å²) in [4.78, 5) is 17.1. The molecule has 0 aromatic carbocycles. The van der Waals surface area contributed by atoms with E-state index in [0.717, 1.165) is 50.5 Å². The van der Waals surface area contributed by atoms with Crippen molar-refractivity contribution in [3.8, 4) is 0 Å². The summed E-state index contributed by atoms with van der Waals surface area (Å²) in [5.41, 5.74) is 1.10. The average Bonchev–Trinajstić information content (AvgIpc) is 2.66. The molecular weight excluding hydrogens is 447 g/mol. The van der Waals surface area contributed by atoms with Gasteiger partial charge in [-0.2, -0.15) is 18.3 Å². The van der Waals surface area contributed by atoms with Crippen molar-refractivity contribution < 1.29 is 24.1 Å². The minimum absolute atomic E-state index is 0. The van der Waals surface area contributed by atoms with Crippen molar-refractivity contribution in [1.29, 1.82) is 0 Å². The Kier molecular flexibility index (Phi) is 6.21. The zero-order valence-electron chi connectivity index (χ0n) is 19.9. The number of ether oxygens (including phenoxy) is 1. The quantitative estimate of drug-likeness (QED) is 0.444. The summed E-state index contributed by atoms with van der Waals surface area (Å²) in [5, 5.41) is 8.21. The molecule has 10 heteroatoms.